The van der Waals surface area contributed by atoms with Gasteiger partial charge in [-0.25, -0.2) is 0 Å². The van der Waals surface area contributed by atoms with Crippen molar-refractivity contribution in [3.8, 4) is 0 Å². The van der Waals surface area contributed by atoms with Gasteiger partial charge in [0, 0.05) is 9.99 Å². The Kier molecular flexibility index (Phi) is 5.98. The number of nitrogens with zero attached hydrogens (tertiary/aromatic N) is 1. The van der Waals surface area contributed by atoms with Crippen molar-refractivity contribution in [2.75, 3.05) is 25.0 Å². The molecule has 0 radical (unpaired) electrons. The van der Waals surface area contributed by atoms with Gasteiger partial charge in [0.2, 0.25) is 5.91 Å². The van der Waals surface area contributed by atoms with Crippen molar-refractivity contribution in [3.63, 3.8) is 0 Å². The van der Waals surface area contributed by atoms with E-state index in [-0.39, 0.29) is 18.2 Å². The molecule has 6 heteroatoms. The minimum absolute atomic E-state index is 0.0178. The van der Waals surface area contributed by atoms with Gasteiger partial charge in [-0.15, -0.1) is 0 Å². The van der Waals surface area contributed by atoms with E-state index >= 15 is 0 Å². The number of hydrogen-bond donors (Lipinski definition) is 2. The topological polar surface area (TPSA) is 69.6 Å². The summed E-state index contributed by atoms with van der Waals surface area (Å²) >= 11 is 2.19. The first kappa shape index (κ1) is 16.2. The van der Waals surface area contributed by atoms with Crippen molar-refractivity contribution in [1.82, 2.24) is 4.90 Å². The summed E-state index contributed by atoms with van der Waals surface area (Å²) in [6.07, 6.45) is 1.94. The first-order valence-corrected chi connectivity index (χ1v) is 8.11. The van der Waals surface area contributed by atoms with Crippen molar-refractivity contribution in [2.24, 2.45) is 5.92 Å². The van der Waals surface area contributed by atoms with Gasteiger partial charge in [-0.05, 0) is 66.6 Å². The lowest BCUT2D eigenvalue weighted by molar-refractivity contribution is -0.138. The average molecular weight is 402 g/mol. The van der Waals surface area contributed by atoms with Crippen molar-refractivity contribution >= 4 is 40.2 Å². The van der Waals surface area contributed by atoms with Crippen LogP contribution in [0.15, 0.2) is 24.3 Å². The third-order valence-electron chi connectivity index (χ3n) is 3.69. The molecule has 0 saturated carbocycles. The zero-order valence-electron chi connectivity index (χ0n) is 11.7. The number of aliphatic carboxylic acids is 1. The van der Waals surface area contributed by atoms with Gasteiger partial charge in [-0.2, -0.15) is 0 Å². The van der Waals surface area contributed by atoms with Crippen LogP contribution in [-0.4, -0.2) is 41.5 Å². The lowest BCUT2D eigenvalue weighted by atomic mass is 9.94. The van der Waals surface area contributed by atoms with Crippen LogP contribution in [0.2, 0.25) is 0 Å². The minimum atomic E-state index is -0.732. The van der Waals surface area contributed by atoms with Crippen LogP contribution in [-0.2, 0) is 9.59 Å². The number of rotatable bonds is 5. The molecule has 0 unspecified atom stereocenters. The summed E-state index contributed by atoms with van der Waals surface area (Å²) in [4.78, 5) is 24.8. The number of likely N-dealkylation sites (tertiary alicyclic amines) is 1. The largest absolute Gasteiger partial charge is 0.481 e. The SMILES string of the molecule is O=C(O)CC1CCN(CC(=O)Nc2ccccc2I)CC1. The van der Waals surface area contributed by atoms with E-state index in [1.165, 1.54) is 0 Å². The number of anilines is 1. The van der Waals surface area contributed by atoms with Crippen molar-refractivity contribution in [3.05, 3.63) is 27.8 Å². The van der Waals surface area contributed by atoms with Gasteiger partial charge in [-0.3, -0.25) is 14.5 Å². The Balaban J connectivity index is 1.77. The molecule has 1 aromatic carbocycles. The molecule has 0 aliphatic carbocycles. The molecular formula is C15H19IN2O3. The fourth-order valence-electron chi connectivity index (χ4n) is 2.55. The summed E-state index contributed by atoms with van der Waals surface area (Å²) in [5.41, 5.74) is 0.837. The molecule has 1 fully saturated rings. The molecule has 2 rings (SSSR count). The molecule has 0 atom stereocenters. The molecule has 114 valence electrons. The number of benzene rings is 1. The number of nitrogens with one attached hydrogen (secondary N) is 1. The van der Waals surface area contributed by atoms with Crippen LogP contribution >= 0.6 is 22.6 Å². The van der Waals surface area contributed by atoms with Gasteiger partial charge in [0.15, 0.2) is 0 Å². The third-order valence-corrected chi connectivity index (χ3v) is 4.63. The highest BCUT2D eigenvalue weighted by Crippen LogP contribution is 2.21. The maximum absolute atomic E-state index is 12.0. The maximum Gasteiger partial charge on any atom is 0.303 e. The zero-order valence-corrected chi connectivity index (χ0v) is 13.9. The predicted molar refractivity (Wildman–Crippen MR) is 89.2 cm³/mol. The summed E-state index contributed by atoms with van der Waals surface area (Å²) in [6.45, 7) is 1.94. The van der Waals surface area contributed by atoms with E-state index in [0.29, 0.717) is 6.54 Å². The number of carboxylic acids is 1. The quantitative estimate of drug-likeness (QED) is 0.743. The number of carbonyl (C=O) groups excluding carboxylic acids is 1. The molecule has 21 heavy (non-hydrogen) atoms. The fraction of sp³-hybridized carbons (Fsp3) is 0.467. The lowest BCUT2D eigenvalue weighted by Gasteiger charge is -2.30. The van der Waals surface area contributed by atoms with Gasteiger partial charge in [0.1, 0.15) is 0 Å². The van der Waals surface area contributed by atoms with E-state index in [0.717, 1.165) is 35.2 Å². The van der Waals surface area contributed by atoms with E-state index in [1.807, 2.05) is 24.3 Å². The summed E-state index contributed by atoms with van der Waals surface area (Å²) < 4.78 is 1.02. The van der Waals surface area contributed by atoms with Gasteiger partial charge >= 0.3 is 5.97 Å². The average Bonchev–Trinajstić information content (AvgIpc) is 2.43. The number of piperidine rings is 1. The van der Waals surface area contributed by atoms with Crippen LogP contribution < -0.4 is 5.32 Å². The second-order valence-corrected chi connectivity index (χ2v) is 6.51. The van der Waals surface area contributed by atoms with Gasteiger partial charge in [-0.1, -0.05) is 12.1 Å². The lowest BCUT2D eigenvalue weighted by Crippen LogP contribution is -2.39. The fourth-order valence-corrected chi connectivity index (χ4v) is 3.07. The van der Waals surface area contributed by atoms with E-state index in [1.54, 1.807) is 0 Å². The summed E-state index contributed by atoms with van der Waals surface area (Å²) in [5.74, 6) is -0.502. The van der Waals surface area contributed by atoms with E-state index in [2.05, 4.69) is 32.8 Å². The van der Waals surface area contributed by atoms with Crippen molar-refractivity contribution in [1.29, 1.82) is 0 Å². The van der Waals surface area contributed by atoms with Crippen molar-refractivity contribution in [2.45, 2.75) is 19.3 Å². The molecule has 1 heterocycles. The highest BCUT2D eigenvalue weighted by molar-refractivity contribution is 14.1. The molecule has 5 nitrogen and oxygen atoms in total. The molecule has 1 aliphatic rings. The first-order valence-electron chi connectivity index (χ1n) is 7.03. The standard InChI is InChI=1S/C15H19IN2O3/c16-12-3-1-2-4-13(12)17-14(19)10-18-7-5-11(6-8-18)9-15(20)21/h1-4,11H,5-10H2,(H,17,19)(H,20,21). The molecule has 1 aromatic rings. The highest BCUT2D eigenvalue weighted by Gasteiger charge is 2.22. The molecule has 0 aromatic heterocycles. The van der Waals surface area contributed by atoms with E-state index in [9.17, 15) is 9.59 Å². The van der Waals surface area contributed by atoms with Gasteiger partial charge in [0.05, 0.1) is 12.2 Å². The number of halogens is 1. The highest BCUT2D eigenvalue weighted by atomic mass is 127. The van der Waals surface area contributed by atoms with E-state index in [4.69, 9.17) is 5.11 Å². The Hall–Kier alpha value is -1.15. The minimum Gasteiger partial charge on any atom is -0.481 e. The van der Waals surface area contributed by atoms with Crippen LogP contribution in [0.3, 0.4) is 0 Å². The number of hydrogen-bond acceptors (Lipinski definition) is 3. The summed E-state index contributed by atoms with van der Waals surface area (Å²) in [6, 6.07) is 7.67. The Labute approximate surface area is 137 Å². The number of para-hydroxylation sites is 1. The van der Waals surface area contributed by atoms with Gasteiger partial charge < -0.3 is 10.4 Å². The number of carbonyl (C=O) groups is 2. The Morgan fingerprint density at radius 3 is 2.57 bits per heavy atom. The van der Waals surface area contributed by atoms with Crippen LogP contribution in [0.4, 0.5) is 5.69 Å². The molecule has 1 aliphatic heterocycles. The molecular weight excluding hydrogens is 383 g/mol. The van der Waals surface area contributed by atoms with Crippen LogP contribution in [0.1, 0.15) is 19.3 Å². The molecule has 0 spiro atoms. The maximum atomic E-state index is 12.0. The normalized spacial score (nSPS) is 16.6. The first-order chi connectivity index (χ1) is 10.0. The number of amides is 1. The monoisotopic (exact) mass is 402 g/mol. The second-order valence-electron chi connectivity index (χ2n) is 5.35. The Morgan fingerprint density at radius 2 is 1.95 bits per heavy atom. The van der Waals surface area contributed by atoms with Crippen LogP contribution in [0.5, 0.6) is 0 Å². The van der Waals surface area contributed by atoms with Crippen molar-refractivity contribution < 1.29 is 14.7 Å². The molecule has 1 saturated heterocycles. The smallest absolute Gasteiger partial charge is 0.303 e. The molecule has 1 amide bonds. The number of carboxylic acid groups (broad SMARTS) is 1. The van der Waals surface area contributed by atoms with E-state index < -0.39 is 5.97 Å². The third kappa shape index (κ3) is 5.28. The van der Waals surface area contributed by atoms with Crippen LogP contribution in [0.25, 0.3) is 0 Å². The molecule has 0 bridgehead atoms. The van der Waals surface area contributed by atoms with Gasteiger partial charge in [0.25, 0.3) is 0 Å². The summed E-state index contributed by atoms with van der Waals surface area (Å²) in [5, 5.41) is 11.7. The predicted octanol–water partition coefficient (Wildman–Crippen LogP) is 2.42. The van der Waals surface area contributed by atoms with Crippen LogP contribution in [0, 0.1) is 9.49 Å². The Morgan fingerprint density at radius 1 is 1.29 bits per heavy atom. The second kappa shape index (κ2) is 7.74. The molecule has 2 N–H and O–H groups in total. The zero-order chi connectivity index (χ0) is 15.2. The Bertz CT molecular complexity index is 513. The summed E-state index contributed by atoms with van der Waals surface area (Å²) in [7, 11) is 0.